The van der Waals surface area contributed by atoms with Crippen LogP contribution in [-0.2, 0) is 4.79 Å². The topological polar surface area (TPSA) is 58.4 Å². The molecule has 0 aromatic rings. The summed E-state index contributed by atoms with van der Waals surface area (Å²) in [6.45, 7) is 10.3. The van der Waals surface area contributed by atoms with Gasteiger partial charge in [-0.3, -0.25) is 4.79 Å². The smallest absolute Gasteiger partial charge is 0.236 e. The minimum atomic E-state index is -0.358. The van der Waals surface area contributed by atoms with E-state index in [9.17, 15) is 4.79 Å². The summed E-state index contributed by atoms with van der Waals surface area (Å²) in [6.07, 6.45) is 2.87. The van der Waals surface area contributed by atoms with Crippen molar-refractivity contribution in [2.75, 3.05) is 20.1 Å². The monoisotopic (exact) mass is 257 g/mol. The van der Waals surface area contributed by atoms with Crippen molar-refractivity contribution >= 4 is 5.91 Å². The van der Waals surface area contributed by atoms with Crippen LogP contribution < -0.4 is 11.1 Å². The number of carbonyl (C=O) groups is 1. The Hall–Kier alpha value is -0.610. The van der Waals surface area contributed by atoms with Gasteiger partial charge in [0.2, 0.25) is 5.91 Å². The summed E-state index contributed by atoms with van der Waals surface area (Å²) in [5.41, 5.74) is 5.80. The molecule has 0 aromatic carbocycles. The van der Waals surface area contributed by atoms with E-state index < -0.39 is 0 Å². The molecule has 0 fully saturated rings. The molecule has 4 heteroatoms. The lowest BCUT2D eigenvalue weighted by Crippen LogP contribution is -2.41. The molecule has 0 rings (SSSR count). The quantitative estimate of drug-likeness (QED) is 0.617. The van der Waals surface area contributed by atoms with Gasteiger partial charge in [0, 0.05) is 12.6 Å². The van der Waals surface area contributed by atoms with E-state index in [0.29, 0.717) is 12.0 Å². The molecule has 0 heterocycles. The second-order valence-electron chi connectivity index (χ2n) is 5.81. The van der Waals surface area contributed by atoms with Crippen LogP contribution in [0.2, 0.25) is 0 Å². The highest BCUT2D eigenvalue weighted by atomic mass is 16.2. The lowest BCUT2D eigenvalue weighted by Gasteiger charge is -2.20. The van der Waals surface area contributed by atoms with Crippen molar-refractivity contribution in [3.05, 3.63) is 0 Å². The maximum absolute atomic E-state index is 11.6. The van der Waals surface area contributed by atoms with Crippen molar-refractivity contribution in [1.29, 1.82) is 0 Å². The fraction of sp³-hybridized carbons (Fsp3) is 0.929. The van der Waals surface area contributed by atoms with Gasteiger partial charge in [-0.25, -0.2) is 0 Å². The number of hydrogen-bond donors (Lipinski definition) is 2. The van der Waals surface area contributed by atoms with Crippen LogP contribution in [0, 0.1) is 5.92 Å². The molecule has 1 amide bonds. The molecule has 0 unspecified atom stereocenters. The Bertz CT molecular complexity index is 229. The third-order valence-electron chi connectivity index (χ3n) is 3.18. The van der Waals surface area contributed by atoms with Crippen molar-refractivity contribution in [2.45, 2.75) is 59.0 Å². The van der Waals surface area contributed by atoms with E-state index in [2.05, 4.69) is 45.0 Å². The summed E-state index contributed by atoms with van der Waals surface area (Å²) in [5, 5.41) is 2.91. The molecule has 0 bridgehead atoms. The summed E-state index contributed by atoms with van der Waals surface area (Å²) in [7, 11) is 2.13. The second-order valence-corrected chi connectivity index (χ2v) is 5.81. The standard InChI is InChI=1S/C14H31N3O/c1-11(2)10-13(15)14(18)16-8-6-7-9-17(5)12(3)4/h11-13H,6-10,15H2,1-5H3,(H,16,18)/t13-/m0/s1. The molecular weight excluding hydrogens is 226 g/mol. The Morgan fingerprint density at radius 1 is 1.22 bits per heavy atom. The van der Waals surface area contributed by atoms with Crippen LogP contribution in [-0.4, -0.2) is 43.0 Å². The summed E-state index contributed by atoms with van der Waals surface area (Å²) < 4.78 is 0. The number of amides is 1. The Morgan fingerprint density at radius 3 is 2.33 bits per heavy atom. The molecule has 0 aliphatic carbocycles. The minimum Gasteiger partial charge on any atom is -0.355 e. The normalized spacial score (nSPS) is 13.4. The first-order valence-electron chi connectivity index (χ1n) is 7.08. The number of rotatable bonds is 9. The molecular formula is C14H31N3O. The minimum absolute atomic E-state index is 0.0130. The molecule has 0 aliphatic heterocycles. The van der Waals surface area contributed by atoms with E-state index in [4.69, 9.17) is 5.73 Å². The predicted octanol–water partition coefficient (Wildman–Crippen LogP) is 1.60. The summed E-state index contributed by atoms with van der Waals surface area (Å²) in [4.78, 5) is 13.9. The molecule has 3 N–H and O–H groups in total. The zero-order valence-corrected chi connectivity index (χ0v) is 12.7. The first kappa shape index (κ1) is 17.4. The summed E-state index contributed by atoms with van der Waals surface area (Å²) in [6, 6.07) is 0.224. The Kier molecular flexibility index (Phi) is 9.02. The van der Waals surface area contributed by atoms with Crippen molar-refractivity contribution < 1.29 is 4.79 Å². The highest BCUT2D eigenvalue weighted by molar-refractivity contribution is 5.81. The molecule has 0 saturated heterocycles. The van der Waals surface area contributed by atoms with Crippen LogP contribution in [0.4, 0.5) is 0 Å². The van der Waals surface area contributed by atoms with E-state index in [1.807, 2.05) is 0 Å². The first-order valence-corrected chi connectivity index (χ1v) is 7.08. The van der Waals surface area contributed by atoms with Crippen molar-refractivity contribution in [2.24, 2.45) is 11.7 Å². The molecule has 0 aromatic heterocycles. The molecule has 0 aliphatic rings. The molecule has 0 radical (unpaired) electrons. The summed E-state index contributed by atoms with van der Waals surface area (Å²) >= 11 is 0. The van der Waals surface area contributed by atoms with Crippen LogP contribution in [0.5, 0.6) is 0 Å². The van der Waals surface area contributed by atoms with Crippen LogP contribution in [0.25, 0.3) is 0 Å². The van der Waals surface area contributed by atoms with Crippen LogP contribution in [0.3, 0.4) is 0 Å². The number of carbonyl (C=O) groups excluding carboxylic acids is 1. The molecule has 0 saturated carbocycles. The lowest BCUT2D eigenvalue weighted by atomic mass is 10.0. The van der Waals surface area contributed by atoms with E-state index >= 15 is 0 Å². The van der Waals surface area contributed by atoms with E-state index in [-0.39, 0.29) is 11.9 Å². The fourth-order valence-electron chi connectivity index (χ4n) is 1.70. The van der Waals surface area contributed by atoms with Gasteiger partial charge in [0.05, 0.1) is 6.04 Å². The van der Waals surface area contributed by atoms with E-state index in [1.165, 1.54) is 0 Å². The number of nitrogens with one attached hydrogen (secondary N) is 1. The zero-order chi connectivity index (χ0) is 14.1. The highest BCUT2D eigenvalue weighted by Crippen LogP contribution is 2.02. The van der Waals surface area contributed by atoms with Gasteiger partial charge in [0.15, 0.2) is 0 Å². The lowest BCUT2D eigenvalue weighted by molar-refractivity contribution is -0.122. The third kappa shape index (κ3) is 8.48. The van der Waals surface area contributed by atoms with Crippen molar-refractivity contribution in [3.8, 4) is 0 Å². The Balaban J connectivity index is 3.57. The van der Waals surface area contributed by atoms with E-state index in [1.54, 1.807) is 0 Å². The van der Waals surface area contributed by atoms with Gasteiger partial charge in [-0.05, 0) is 52.6 Å². The number of nitrogens with two attached hydrogens (primary N) is 1. The Morgan fingerprint density at radius 2 is 1.83 bits per heavy atom. The maximum atomic E-state index is 11.6. The summed E-state index contributed by atoms with van der Waals surface area (Å²) in [5.74, 6) is 0.450. The van der Waals surface area contributed by atoms with Gasteiger partial charge in [-0.15, -0.1) is 0 Å². The molecule has 0 spiro atoms. The first-order chi connectivity index (χ1) is 8.34. The van der Waals surface area contributed by atoms with Gasteiger partial charge < -0.3 is 16.0 Å². The SMILES string of the molecule is CC(C)C[C@H](N)C(=O)NCCCCN(C)C(C)C. The molecule has 4 nitrogen and oxygen atoms in total. The molecule has 108 valence electrons. The van der Waals surface area contributed by atoms with Crippen LogP contribution >= 0.6 is 0 Å². The molecule has 1 atom stereocenters. The van der Waals surface area contributed by atoms with Gasteiger partial charge in [0.1, 0.15) is 0 Å². The average molecular weight is 257 g/mol. The van der Waals surface area contributed by atoms with Gasteiger partial charge in [-0.1, -0.05) is 13.8 Å². The predicted molar refractivity (Wildman–Crippen MR) is 77.4 cm³/mol. The highest BCUT2D eigenvalue weighted by Gasteiger charge is 2.13. The fourth-order valence-corrected chi connectivity index (χ4v) is 1.70. The number of nitrogens with zero attached hydrogens (tertiary/aromatic N) is 1. The molecule has 18 heavy (non-hydrogen) atoms. The van der Waals surface area contributed by atoms with Gasteiger partial charge in [-0.2, -0.15) is 0 Å². The van der Waals surface area contributed by atoms with Gasteiger partial charge >= 0.3 is 0 Å². The van der Waals surface area contributed by atoms with Crippen LogP contribution in [0.1, 0.15) is 47.0 Å². The van der Waals surface area contributed by atoms with Crippen LogP contribution in [0.15, 0.2) is 0 Å². The average Bonchev–Trinajstić information content (AvgIpc) is 2.26. The van der Waals surface area contributed by atoms with E-state index in [0.717, 1.165) is 32.4 Å². The van der Waals surface area contributed by atoms with Crippen molar-refractivity contribution in [1.82, 2.24) is 10.2 Å². The largest absolute Gasteiger partial charge is 0.355 e. The second kappa shape index (κ2) is 9.34. The van der Waals surface area contributed by atoms with Gasteiger partial charge in [0.25, 0.3) is 0 Å². The number of hydrogen-bond acceptors (Lipinski definition) is 3. The Labute approximate surface area is 112 Å². The third-order valence-corrected chi connectivity index (χ3v) is 3.18. The maximum Gasteiger partial charge on any atom is 0.236 e. The van der Waals surface area contributed by atoms with Crippen molar-refractivity contribution in [3.63, 3.8) is 0 Å². The zero-order valence-electron chi connectivity index (χ0n) is 12.7. The number of unbranched alkanes of at least 4 members (excludes halogenated alkanes) is 1.